The van der Waals surface area contributed by atoms with Crippen molar-refractivity contribution in [1.82, 2.24) is 0 Å². The number of benzene rings is 1. The molecule has 0 atom stereocenters. The van der Waals surface area contributed by atoms with Gasteiger partial charge in [0.2, 0.25) is 0 Å². The van der Waals surface area contributed by atoms with Crippen LogP contribution in [0.25, 0.3) is 0 Å². The minimum Gasteiger partial charge on any atom is -0.271 e. The van der Waals surface area contributed by atoms with Crippen LogP contribution >= 0.6 is 0 Å². The number of allylic oxidation sites excluding steroid dienone is 6. The summed E-state index contributed by atoms with van der Waals surface area (Å²) in [6, 6.07) is 3.44. The largest absolute Gasteiger partial charge is 0.301 e. The highest BCUT2D eigenvalue weighted by molar-refractivity contribution is 6.08. The number of nitrogens with one attached hydrogen (secondary N) is 1. The predicted octanol–water partition coefficient (Wildman–Crippen LogP) is 5.93. The average Bonchev–Trinajstić information content (AvgIpc) is 2.67. The maximum atomic E-state index is 11.3. The Morgan fingerprint density at radius 1 is 1.10 bits per heavy atom. The fourth-order valence-corrected chi connectivity index (χ4v) is 2.79. The maximum absolute atomic E-state index is 11.3. The van der Waals surface area contributed by atoms with Crippen molar-refractivity contribution in [2.75, 3.05) is 5.43 Å². The van der Waals surface area contributed by atoms with Crippen LogP contribution in [0.1, 0.15) is 47.0 Å². The molecule has 0 amide bonds. The van der Waals surface area contributed by atoms with E-state index in [1.165, 1.54) is 17.7 Å². The zero-order chi connectivity index (χ0) is 21.6. The number of non-ortho nitro benzene ring substituents is 1. The summed E-state index contributed by atoms with van der Waals surface area (Å²) in [5, 5.41) is 26.6. The molecule has 8 nitrogen and oxygen atoms in total. The second-order valence-corrected chi connectivity index (χ2v) is 7.83. The molecule has 0 saturated heterocycles. The lowest BCUT2D eigenvalue weighted by molar-refractivity contribution is -0.393. The molecular weight excluding hydrogens is 372 g/mol. The first kappa shape index (κ1) is 22.0. The molecule has 1 aromatic rings. The predicted molar refractivity (Wildman–Crippen MR) is 115 cm³/mol. The summed E-state index contributed by atoms with van der Waals surface area (Å²) in [5.41, 5.74) is 4.96. The van der Waals surface area contributed by atoms with Crippen molar-refractivity contribution in [1.29, 1.82) is 0 Å². The highest BCUT2D eigenvalue weighted by atomic mass is 16.6. The molecule has 0 saturated carbocycles. The number of anilines is 1. The quantitative estimate of drug-likeness (QED) is 0.384. The summed E-state index contributed by atoms with van der Waals surface area (Å²) in [7, 11) is 0. The van der Waals surface area contributed by atoms with Gasteiger partial charge in [-0.3, -0.25) is 25.7 Å². The van der Waals surface area contributed by atoms with Crippen LogP contribution in [0, 0.1) is 25.6 Å². The first-order valence-corrected chi connectivity index (χ1v) is 9.37. The molecule has 2 rings (SSSR count). The average molecular weight is 398 g/mol. The van der Waals surface area contributed by atoms with Gasteiger partial charge < -0.3 is 0 Å². The second-order valence-electron chi connectivity index (χ2n) is 7.83. The Morgan fingerprint density at radius 2 is 1.83 bits per heavy atom. The van der Waals surface area contributed by atoms with Gasteiger partial charge >= 0.3 is 5.69 Å². The van der Waals surface area contributed by atoms with Gasteiger partial charge in [-0.1, -0.05) is 37.6 Å². The molecule has 0 aliphatic heterocycles. The Hall–Kier alpha value is -3.29. The van der Waals surface area contributed by atoms with Crippen molar-refractivity contribution in [2.24, 2.45) is 10.5 Å². The molecule has 0 spiro atoms. The topological polar surface area (TPSA) is 111 Å². The van der Waals surface area contributed by atoms with E-state index in [9.17, 15) is 20.2 Å². The number of nitro benzene ring substituents is 2. The Bertz CT molecular complexity index is 927. The van der Waals surface area contributed by atoms with Crippen molar-refractivity contribution in [3.05, 3.63) is 73.9 Å². The van der Waals surface area contributed by atoms with Crippen LogP contribution in [-0.4, -0.2) is 15.6 Å². The van der Waals surface area contributed by atoms with Gasteiger partial charge in [0.05, 0.1) is 21.6 Å². The van der Waals surface area contributed by atoms with Crippen LogP contribution in [0.5, 0.6) is 0 Å². The highest BCUT2D eigenvalue weighted by Gasteiger charge is 2.19. The van der Waals surface area contributed by atoms with E-state index in [-0.39, 0.29) is 16.8 Å². The highest BCUT2D eigenvalue weighted by Crippen LogP contribution is 2.29. The Balaban J connectivity index is 2.39. The monoisotopic (exact) mass is 398 g/mol. The van der Waals surface area contributed by atoms with Crippen LogP contribution in [0.2, 0.25) is 0 Å². The summed E-state index contributed by atoms with van der Waals surface area (Å²) < 4.78 is 0. The van der Waals surface area contributed by atoms with Crippen LogP contribution in [0.3, 0.4) is 0 Å². The van der Waals surface area contributed by atoms with Gasteiger partial charge in [-0.15, -0.1) is 0 Å². The third-order valence-electron chi connectivity index (χ3n) is 4.75. The van der Waals surface area contributed by atoms with Crippen LogP contribution in [0.15, 0.2) is 58.8 Å². The molecule has 0 aromatic heterocycles. The van der Waals surface area contributed by atoms with Gasteiger partial charge in [0.25, 0.3) is 5.69 Å². The van der Waals surface area contributed by atoms with E-state index in [1.807, 2.05) is 13.0 Å². The third kappa shape index (κ3) is 6.38. The second kappa shape index (κ2) is 9.27. The van der Waals surface area contributed by atoms with Crippen LogP contribution in [0.4, 0.5) is 17.1 Å². The molecular formula is C21H26N4O4. The zero-order valence-electron chi connectivity index (χ0n) is 17.1. The van der Waals surface area contributed by atoms with Gasteiger partial charge in [-0.05, 0) is 56.2 Å². The number of rotatable bonds is 4. The Morgan fingerprint density at radius 3 is 2.48 bits per heavy atom. The van der Waals surface area contributed by atoms with Crippen molar-refractivity contribution in [3.63, 3.8) is 0 Å². The molecule has 0 unspecified atom stereocenters. The van der Waals surface area contributed by atoms with Crippen molar-refractivity contribution in [3.8, 4) is 0 Å². The SMILES string of the molecule is CC1=CCC(C)(C)C=CC(=NNc2ccc([N+](=O)[O-])cc2[N+](=O)[O-])C(C)=CCC1. The van der Waals surface area contributed by atoms with Crippen molar-refractivity contribution >= 4 is 22.8 Å². The van der Waals surface area contributed by atoms with Crippen LogP contribution in [-0.2, 0) is 0 Å². The van der Waals surface area contributed by atoms with Gasteiger partial charge in [-0.2, -0.15) is 5.10 Å². The Labute approximate surface area is 170 Å². The number of nitrogens with zero attached hydrogens (tertiary/aromatic N) is 3. The molecule has 0 heterocycles. The summed E-state index contributed by atoms with van der Waals surface area (Å²) in [4.78, 5) is 20.9. The molecule has 8 heteroatoms. The van der Waals surface area contributed by atoms with E-state index in [4.69, 9.17) is 0 Å². The van der Waals surface area contributed by atoms with Crippen LogP contribution < -0.4 is 5.43 Å². The summed E-state index contributed by atoms with van der Waals surface area (Å²) >= 11 is 0. The third-order valence-corrected chi connectivity index (χ3v) is 4.75. The zero-order valence-corrected chi connectivity index (χ0v) is 17.1. The van der Waals surface area contributed by atoms with Crippen molar-refractivity contribution < 1.29 is 9.85 Å². The number of hydrogen-bond donors (Lipinski definition) is 1. The minimum absolute atomic E-state index is 0.0635. The lowest BCUT2D eigenvalue weighted by Gasteiger charge is -2.18. The molecule has 1 N–H and O–H groups in total. The maximum Gasteiger partial charge on any atom is 0.301 e. The lowest BCUT2D eigenvalue weighted by Crippen LogP contribution is -2.08. The summed E-state index contributed by atoms with van der Waals surface area (Å²) in [6.45, 7) is 8.34. The summed E-state index contributed by atoms with van der Waals surface area (Å²) in [5.74, 6) is 0. The van der Waals surface area contributed by atoms with E-state index in [1.54, 1.807) is 0 Å². The molecule has 1 aliphatic rings. The molecule has 1 aliphatic carbocycles. The molecule has 1 aromatic carbocycles. The summed E-state index contributed by atoms with van der Waals surface area (Å²) in [6.07, 6.45) is 11.1. The van der Waals surface area contributed by atoms with Crippen molar-refractivity contribution in [2.45, 2.75) is 47.0 Å². The Kier molecular flexibility index (Phi) is 7.03. The number of hydrogen-bond acceptors (Lipinski definition) is 6. The fraction of sp³-hybridized carbons (Fsp3) is 0.381. The van der Waals surface area contributed by atoms with Gasteiger partial charge in [0, 0.05) is 6.07 Å². The standard InChI is InChI=1S/C21H26N4O4/c1-15-6-5-7-16(2)18(11-13-21(3,4)12-10-15)22-23-19-9-8-17(24(26)27)14-20(19)25(28)29/h7-11,13-14,23H,5-6,12H2,1-4H3. The van der Waals surface area contributed by atoms with E-state index in [2.05, 4.69) is 49.5 Å². The molecule has 0 bridgehead atoms. The lowest BCUT2D eigenvalue weighted by atomic mass is 9.87. The smallest absolute Gasteiger partial charge is 0.271 e. The van der Waals surface area contributed by atoms with Gasteiger partial charge in [0.15, 0.2) is 0 Å². The first-order chi connectivity index (χ1) is 13.6. The van der Waals surface area contributed by atoms with E-state index >= 15 is 0 Å². The molecule has 29 heavy (non-hydrogen) atoms. The van der Waals surface area contributed by atoms with E-state index in [0.29, 0.717) is 5.71 Å². The molecule has 0 fully saturated rings. The molecule has 0 radical (unpaired) electrons. The fourth-order valence-electron chi connectivity index (χ4n) is 2.79. The van der Waals surface area contributed by atoms with Gasteiger partial charge in [0.1, 0.15) is 5.69 Å². The normalized spacial score (nSPS) is 18.4. The van der Waals surface area contributed by atoms with E-state index in [0.717, 1.165) is 30.9 Å². The minimum atomic E-state index is -0.666. The number of hydrazone groups is 1. The number of nitro groups is 2. The van der Waals surface area contributed by atoms with Gasteiger partial charge in [-0.25, -0.2) is 0 Å². The molecule has 154 valence electrons. The first-order valence-electron chi connectivity index (χ1n) is 9.37. The van der Waals surface area contributed by atoms with E-state index < -0.39 is 15.5 Å².